The van der Waals surface area contributed by atoms with Crippen LogP contribution >= 0.6 is 12.6 Å². The molecule has 0 radical (unpaired) electrons. The van der Waals surface area contributed by atoms with Crippen LogP contribution in [0.1, 0.15) is 50.4 Å². The first kappa shape index (κ1) is 16.3. The van der Waals surface area contributed by atoms with Gasteiger partial charge < -0.3 is 4.90 Å². The predicted molar refractivity (Wildman–Crippen MR) is 86.4 cm³/mol. The number of benzene rings is 1. The second-order valence-electron chi connectivity index (χ2n) is 6.95. The summed E-state index contributed by atoms with van der Waals surface area (Å²) in [5, 5.41) is 0. The molecule has 2 nitrogen and oxygen atoms in total. The van der Waals surface area contributed by atoms with Gasteiger partial charge in [-0.25, -0.2) is 4.39 Å². The lowest BCUT2D eigenvalue weighted by Gasteiger charge is -2.29. The van der Waals surface area contributed by atoms with Gasteiger partial charge in [0.1, 0.15) is 5.82 Å². The molecule has 21 heavy (non-hydrogen) atoms. The zero-order valence-electron chi connectivity index (χ0n) is 13.0. The third-order valence-corrected chi connectivity index (χ3v) is 4.70. The van der Waals surface area contributed by atoms with Crippen molar-refractivity contribution in [1.82, 2.24) is 4.90 Å². The summed E-state index contributed by atoms with van der Waals surface area (Å²) in [4.78, 5) is 14.9. The monoisotopic (exact) mass is 309 g/mol. The van der Waals surface area contributed by atoms with Gasteiger partial charge in [0, 0.05) is 18.0 Å². The van der Waals surface area contributed by atoms with E-state index < -0.39 is 5.82 Å². The molecular formula is C17H24FNOS. The van der Waals surface area contributed by atoms with Crippen LogP contribution in [0.4, 0.5) is 4.39 Å². The van der Waals surface area contributed by atoms with Crippen molar-refractivity contribution in [1.29, 1.82) is 0 Å². The highest BCUT2D eigenvalue weighted by Gasteiger charge is 2.29. The van der Waals surface area contributed by atoms with Crippen molar-refractivity contribution in [2.45, 2.75) is 44.9 Å². The highest BCUT2D eigenvalue weighted by molar-refractivity contribution is 7.80. The Labute approximate surface area is 132 Å². The molecule has 1 heterocycles. The fourth-order valence-corrected chi connectivity index (χ4v) is 3.22. The van der Waals surface area contributed by atoms with Gasteiger partial charge in [-0.15, -0.1) is 12.6 Å². The van der Waals surface area contributed by atoms with Crippen molar-refractivity contribution in [3.8, 4) is 0 Å². The Morgan fingerprint density at radius 1 is 1.29 bits per heavy atom. The molecule has 4 heteroatoms. The summed E-state index contributed by atoms with van der Waals surface area (Å²) >= 11 is 4.20. The first-order valence-corrected chi connectivity index (χ1v) is 8.01. The second-order valence-corrected chi connectivity index (χ2v) is 7.47. The average Bonchev–Trinajstić information content (AvgIpc) is 2.66. The molecule has 1 aliphatic rings. The van der Waals surface area contributed by atoms with Crippen LogP contribution in [0.25, 0.3) is 0 Å². The first-order valence-electron chi connectivity index (χ1n) is 7.57. The smallest absolute Gasteiger partial charge is 0.256 e. The average molecular weight is 309 g/mol. The van der Waals surface area contributed by atoms with Gasteiger partial charge in [0.15, 0.2) is 0 Å². The Morgan fingerprint density at radius 3 is 2.67 bits per heavy atom. The molecule has 1 aliphatic heterocycles. The van der Waals surface area contributed by atoms with Crippen LogP contribution < -0.4 is 0 Å². The van der Waals surface area contributed by atoms with E-state index in [0.717, 1.165) is 19.3 Å². The number of nitrogens with zero attached hydrogens (tertiary/aromatic N) is 1. The number of rotatable bonds is 1. The molecule has 0 aromatic heterocycles. The standard InChI is InChI=1S/C17H24FNOS/c1-17(2,3)12-5-4-9-19(10-8-12)16(20)14-11-13(21)6-7-15(14)18/h6-7,11-12,21H,4-5,8-10H2,1-3H3. The van der Waals surface area contributed by atoms with Gasteiger partial charge in [0.25, 0.3) is 5.91 Å². The highest BCUT2D eigenvalue weighted by Crippen LogP contribution is 2.34. The number of hydrogen-bond donors (Lipinski definition) is 1. The van der Waals surface area contributed by atoms with Gasteiger partial charge >= 0.3 is 0 Å². The van der Waals surface area contributed by atoms with Crippen molar-refractivity contribution >= 4 is 18.5 Å². The Morgan fingerprint density at radius 2 is 2.00 bits per heavy atom. The van der Waals surface area contributed by atoms with Gasteiger partial charge in [-0.1, -0.05) is 20.8 Å². The van der Waals surface area contributed by atoms with E-state index in [1.807, 2.05) is 0 Å². The number of likely N-dealkylation sites (tertiary alicyclic amines) is 1. The fourth-order valence-electron chi connectivity index (χ4n) is 3.01. The van der Waals surface area contributed by atoms with Gasteiger partial charge in [0.2, 0.25) is 0 Å². The van der Waals surface area contributed by atoms with Crippen molar-refractivity contribution in [2.24, 2.45) is 11.3 Å². The predicted octanol–water partition coefficient (Wildman–Crippen LogP) is 4.40. The van der Waals surface area contributed by atoms with Crippen LogP contribution in [0.3, 0.4) is 0 Å². The minimum atomic E-state index is -0.464. The molecular weight excluding hydrogens is 285 g/mol. The molecule has 0 aliphatic carbocycles. The summed E-state index contributed by atoms with van der Waals surface area (Å²) in [5.41, 5.74) is 0.395. The van der Waals surface area contributed by atoms with Gasteiger partial charge in [-0.2, -0.15) is 0 Å². The summed E-state index contributed by atoms with van der Waals surface area (Å²) < 4.78 is 13.9. The molecule has 1 atom stereocenters. The molecule has 2 rings (SSSR count). The van der Waals surface area contributed by atoms with E-state index in [-0.39, 0.29) is 16.9 Å². The topological polar surface area (TPSA) is 20.3 Å². The third kappa shape index (κ3) is 4.00. The van der Waals surface area contributed by atoms with Crippen molar-refractivity contribution in [2.75, 3.05) is 13.1 Å². The quantitative estimate of drug-likeness (QED) is 0.762. The zero-order valence-corrected chi connectivity index (χ0v) is 13.9. The van der Waals surface area contributed by atoms with E-state index in [1.165, 1.54) is 12.1 Å². The van der Waals surface area contributed by atoms with Gasteiger partial charge in [-0.05, 0) is 48.8 Å². The van der Waals surface area contributed by atoms with Crippen LogP contribution in [-0.4, -0.2) is 23.9 Å². The minimum absolute atomic E-state index is 0.136. The van der Waals surface area contributed by atoms with E-state index >= 15 is 0 Å². The Hall–Kier alpha value is -1.03. The Balaban J connectivity index is 2.12. The molecule has 1 fully saturated rings. The minimum Gasteiger partial charge on any atom is -0.339 e. The summed E-state index contributed by atoms with van der Waals surface area (Å²) in [6.07, 6.45) is 3.09. The number of carbonyl (C=O) groups excluding carboxylic acids is 1. The molecule has 1 aromatic carbocycles. The summed E-state index contributed by atoms with van der Waals surface area (Å²) in [6.45, 7) is 8.16. The highest BCUT2D eigenvalue weighted by atomic mass is 32.1. The number of halogens is 1. The van der Waals surface area contributed by atoms with Crippen LogP contribution in [0.15, 0.2) is 23.1 Å². The van der Waals surface area contributed by atoms with Crippen molar-refractivity contribution in [3.05, 3.63) is 29.6 Å². The maximum atomic E-state index is 13.9. The van der Waals surface area contributed by atoms with Crippen molar-refractivity contribution in [3.63, 3.8) is 0 Å². The first-order chi connectivity index (χ1) is 9.79. The van der Waals surface area contributed by atoms with Gasteiger partial charge in [-0.3, -0.25) is 4.79 Å². The summed E-state index contributed by atoms with van der Waals surface area (Å²) in [5.74, 6) is -0.0660. The normalized spacial score (nSPS) is 20.2. The Kier molecular flexibility index (Phi) is 4.97. The zero-order chi connectivity index (χ0) is 15.6. The number of amides is 1. The Bertz CT molecular complexity index is 524. The van der Waals surface area contributed by atoms with Crippen LogP contribution in [0, 0.1) is 17.2 Å². The summed E-state index contributed by atoms with van der Waals surface area (Å²) in [6, 6.07) is 4.39. The number of hydrogen-bond acceptors (Lipinski definition) is 2. The lowest BCUT2D eigenvalue weighted by Crippen LogP contribution is -2.33. The third-order valence-electron chi connectivity index (χ3n) is 4.42. The lowest BCUT2D eigenvalue weighted by molar-refractivity contribution is 0.0750. The second kappa shape index (κ2) is 6.39. The van der Waals surface area contributed by atoms with Crippen LogP contribution in [0.5, 0.6) is 0 Å². The van der Waals surface area contributed by atoms with Crippen molar-refractivity contribution < 1.29 is 9.18 Å². The molecule has 1 unspecified atom stereocenters. The van der Waals surface area contributed by atoms with Crippen LogP contribution in [-0.2, 0) is 0 Å². The number of carbonyl (C=O) groups is 1. The number of thiol groups is 1. The molecule has 0 spiro atoms. The SMILES string of the molecule is CC(C)(C)C1CCCN(C(=O)c2cc(S)ccc2F)CC1. The lowest BCUT2D eigenvalue weighted by atomic mass is 9.77. The molecule has 1 amide bonds. The summed E-state index contributed by atoms with van der Waals surface area (Å²) in [7, 11) is 0. The van der Waals surface area contributed by atoms with Crippen LogP contribution in [0.2, 0.25) is 0 Å². The molecule has 0 bridgehead atoms. The van der Waals surface area contributed by atoms with E-state index in [0.29, 0.717) is 23.9 Å². The maximum Gasteiger partial charge on any atom is 0.256 e. The fraction of sp³-hybridized carbons (Fsp3) is 0.588. The van der Waals surface area contributed by atoms with Gasteiger partial charge in [0.05, 0.1) is 5.56 Å². The molecule has 0 N–H and O–H groups in total. The van der Waals surface area contributed by atoms with E-state index in [2.05, 4.69) is 33.4 Å². The maximum absolute atomic E-state index is 13.9. The van der Waals surface area contributed by atoms with E-state index in [1.54, 1.807) is 11.0 Å². The molecule has 0 saturated carbocycles. The largest absolute Gasteiger partial charge is 0.339 e. The van der Waals surface area contributed by atoms with E-state index in [4.69, 9.17) is 0 Å². The van der Waals surface area contributed by atoms with E-state index in [9.17, 15) is 9.18 Å². The molecule has 116 valence electrons. The molecule has 1 saturated heterocycles. The molecule has 1 aromatic rings.